The minimum absolute atomic E-state index is 0.193. The summed E-state index contributed by atoms with van der Waals surface area (Å²) in [6, 6.07) is 0.783. The molecule has 0 unspecified atom stereocenters. The molecule has 2 aliphatic rings. The number of rotatable bonds is 2. The van der Waals surface area contributed by atoms with Crippen molar-refractivity contribution in [2.45, 2.75) is 51.6 Å². The van der Waals surface area contributed by atoms with Crippen LogP contribution in [0, 0.1) is 0 Å². The van der Waals surface area contributed by atoms with Crippen molar-refractivity contribution in [3.63, 3.8) is 0 Å². The van der Waals surface area contributed by atoms with Gasteiger partial charge in [-0.1, -0.05) is 0 Å². The highest BCUT2D eigenvalue weighted by Crippen LogP contribution is 2.46. The molecule has 4 heteroatoms. The molecule has 2 fully saturated rings. The molecule has 0 aromatic rings. The molecule has 4 nitrogen and oxygen atoms in total. The van der Waals surface area contributed by atoms with Gasteiger partial charge in [-0.25, -0.2) is 4.79 Å². The van der Waals surface area contributed by atoms with Gasteiger partial charge >= 0.3 is 6.03 Å². The fourth-order valence-corrected chi connectivity index (χ4v) is 3.12. The van der Waals surface area contributed by atoms with Crippen LogP contribution in [-0.2, 0) is 0 Å². The topological polar surface area (TPSA) is 26.8 Å². The van der Waals surface area contributed by atoms with E-state index < -0.39 is 0 Å². The third-order valence-electron chi connectivity index (χ3n) is 4.59. The monoisotopic (exact) mass is 253 g/mol. The molecule has 1 aliphatic heterocycles. The van der Waals surface area contributed by atoms with Gasteiger partial charge in [0.25, 0.3) is 0 Å². The van der Waals surface area contributed by atoms with E-state index in [2.05, 4.69) is 18.7 Å². The lowest BCUT2D eigenvalue weighted by Crippen LogP contribution is -2.44. The van der Waals surface area contributed by atoms with Crippen LogP contribution in [0.5, 0.6) is 0 Å². The van der Waals surface area contributed by atoms with Crippen LogP contribution >= 0.6 is 0 Å². The molecule has 0 aromatic heterocycles. The zero-order valence-corrected chi connectivity index (χ0v) is 12.3. The second kappa shape index (κ2) is 5.08. The number of amides is 2. The maximum absolute atomic E-state index is 12.2. The number of carbonyl (C=O) groups excluding carboxylic acids is 1. The van der Waals surface area contributed by atoms with Crippen molar-refractivity contribution in [1.82, 2.24) is 14.7 Å². The van der Waals surface area contributed by atoms with E-state index in [1.807, 2.05) is 23.8 Å². The van der Waals surface area contributed by atoms with E-state index in [-0.39, 0.29) is 6.03 Å². The first-order valence-corrected chi connectivity index (χ1v) is 7.27. The van der Waals surface area contributed by atoms with Crippen molar-refractivity contribution in [2.75, 3.05) is 33.2 Å². The van der Waals surface area contributed by atoms with E-state index in [9.17, 15) is 4.79 Å². The van der Waals surface area contributed by atoms with Crippen LogP contribution in [0.3, 0.4) is 0 Å². The first-order chi connectivity index (χ1) is 8.50. The Kier molecular flexibility index (Phi) is 3.85. The Balaban J connectivity index is 2.01. The van der Waals surface area contributed by atoms with Crippen molar-refractivity contribution in [1.29, 1.82) is 0 Å². The first-order valence-electron chi connectivity index (χ1n) is 7.27. The molecular weight excluding hydrogens is 226 g/mol. The molecule has 1 aliphatic carbocycles. The molecule has 2 amide bonds. The van der Waals surface area contributed by atoms with Crippen LogP contribution in [0.4, 0.5) is 4.79 Å². The fourth-order valence-electron chi connectivity index (χ4n) is 3.12. The van der Waals surface area contributed by atoms with E-state index in [0.29, 0.717) is 11.6 Å². The molecular formula is C14H27N3O. The molecule has 1 saturated heterocycles. The van der Waals surface area contributed by atoms with Gasteiger partial charge in [-0.3, -0.25) is 4.90 Å². The van der Waals surface area contributed by atoms with Crippen molar-refractivity contribution in [2.24, 2.45) is 0 Å². The summed E-state index contributed by atoms with van der Waals surface area (Å²) in [7, 11) is 1.89. The van der Waals surface area contributed by atoms with Crippen LogP contribution in [0.2, 0.25) is 0 Å². The molecule has 2 rings (SSSR count). The second-order valence-electron chi connectivity index (χ2n) is 6.05. The summed E-state index contributed by atoms with van der Waals surface area (Å²) in [6.07, 6.45) is 3.78. The molecule has 0 radical (unpaired) electrons. The predicted molar refractivity (Wildman–Crippen MR) is 73.7 cm³/mol. The normalized spacial score (nSPS) is 23.3. The summed E-state index contributed by atoms with van der Waals surface area (Å²) in [5.41, 5.74) is 0.425. The zero-order valence-electron chi connectivity index (χ0n) is 12.3. The Morgan fingerprint density at radius 3 is 2.39 bits per heavy atom. The highest BCUT2D eigenvalue weighted by atomic mass is 16.2. The summed E-state index contributed by atoms with van der Waals surface area (Å²) in [6.45, 7) is 10.2. The minimum atomic E-state index is 0.193. The third kappa shape index (κ3) is 2.48. The van der Waals surface area contributed by atoms with Crippen LogP contribution in [-0.4, -0.2) is 65.5 Å². The van der Waals surface area contributed by atoms with Gasteiger partial charge in [0.15, 0.2) is 0 Å². The highest BCUT2D eigenvalue weighted by molar-refractivity contribution is 5.74. The quantitative estimate of drug-likeness (QED) is 0.752. The first kappa shape index (κ1) is 13.7. The molecule has 1 saturated carbocycles. The number of nitrogens with zero attached hydrogens (tertiary/aromatic N) is 3. The van der Waals surface area contributed by atoms with Crippen LogP contribution < -0.4 is 0 Å². The summed E-state index contributed by atoms with van der Waals surface area (Å²) in [5, 5.41) is 0. The predicted octanol–water partition coefficient (Wildman–Crippen LogP) is 2.01. The van der Waals surface area contributed by atoms with E-state index in [4.69, 9.17) is 0 Å². The van der Waals surface area contributed by atoms with Gasteiger partial charge in [0.1, 0.15) is 0 Å². The molecule has 0 N–H and O–H groups in total. The van der Waals surface area contributed by atoms with E-state index in [1.54, 1.807) is 0 Å². The SMILES string of the molecule is CCN(C)C(=O)N1CCN(C(C)C)C2(CC1)CC2. The zero-order chi connectivity index (χ0) is 13.3. The van der Waals surface area contributed by atoms with Gasteiger partial charge in [-0.2, -0.15) is 0 Å². The standard InChI is InChI=1S/C14H27N3O/c1-5-15(4)13(18)16-9-8-14(6-7-14)17(11-10-16)12(2)3/h12H,5-11H2,1-4H3. The van der Waals surface area contributed by atoms with Crippen LogP contribution in [0.1, 0.15) is 40.0 Å². The maximum Gasteiger partial charge on any atom is 0.319 e. The molecule has 18 heavy (non-hydrogen) atoms. The lowest BCUT2D eigenvalue weighted by molar-refractivity contribution is 0.140. The number of carbonyl (C=O) groups is 1. The Bertz CT molecular complexity index is 312. The number of urea groups is 1. The Labute approximate surface area is 111 Å². The van der Waals surface area contributed by atoms with Crippen molar-refractivity contribution < 1.29 is 4.79 Å². The lowest BCUT2D eigenvalue weighted by atomic mass is 10.1. The molecule has 1 spiro atoms. The summed E-state index contributed by atoms with van der Waals surface area (Å²) >= 11 is 0. The largest absolute Gasteiger partial charge is 0.328 e. The third-order valence-corrected chi connectivity index (χ3v) is 4.59. The van der Waals surface area contributed by atoms with Crippen LogP contribution in [0.15, 0.2) is 0 Å². The van der Waals surface area contributed by atoms with Crippen LogP contribution in [0.25, 0.3) is 0 Å². The van der Waals surface area contributed by atoms with Gasteiger partial charge in [-0.05, 0) is 40.0 Å². The van der Waals surface area contributed by atoms with E-state index in [0.717, 1.165) is 32.6 Å². The van der Waals surface area contributed by atoms with Crippen molar-refractivity contribution >= 4 is 6.03 Å². The number of hydrogen-bond donors (Lipinski definition) is 0. The maximum atomic E-state index is 12.2. The Morgan fingerprint density at radius 2 is 1.89 bits per heavy atom. The summed E-state index contributed by atoms with van der Waals surface area (Å²) < 4.78 is 0. The fraction of sp³-hybridized carbons (Fsp3) is 0.929. The Hall–Kier alpha value is -0.770. The van der Waals surface area contributed by atoms with Gasteiger partial charge in [0.2, 0.25) is 0 Å². The minimum Gasteiger partial charge on any atom is -0.328 e. The molecule has 1 heterocycles. The molecule has 0 atom stereocenters. The number of hydrogen-bond acceptors (Lipinski definition) is 2. The lowest BCUT2D eigenvalue weighted by Gasteiger charge is -2.33. The summed E-state index contributed by atoms with van der Waals surface area (Å²) in [4.78, 5) is 18.7. The van der Waals surface area contributed by atoms with E-state index in [1.165, 1.54) is 12.8 Å². The van der Waals surface area contributed by atoms with Gasteiger partial charge < -0.3 is 9.80 Å². The van der Waals surface area contributed by atoms with Gasteiger partial charge in [0, 0.05) is 44.8 Å². The second-order valence-corrected chi connectivity index (χ2v) is 6.05. The molecule has 0 aromatic carbocycles. The van der Waals surface area contributed by atoms with Crippen molar-refractivity contribution in [3.05, 3.63) is 0 Å². The van der Waals surface area contributed by atoms with Crippen molar-refractivity contribution in [3.8, 4) is 0 Å². The molecule has 0 bridgehead atoms. The average molecular weight is 253 g/mol. The van der Waals surface area contributed by atoms with Gasteiger partial charge in [0.05, 0.1) is 0 Å². The average Bonchev–Trinajstić information content (AvgIpc) is 3.14. The van der Waals surface area contributed by atoms with Gasteiger partial charge in [-0.15, -0.1) is 0 Å². The highest BCUT2D eigenvalue weighted by Gasteiger charge is 2.49. The summed E-state index contributed by atoms with van der Waals surface area (Å²) in [5.74, 6) is 0. The molecule has 104 valence electrons. The smallest absolute Gasteiger partial charge is 0.319 e. The van der Waals surface area contributed by atoms with E-state index >= 15 is 0 Å². The Morgan fingerprint density at radius 1 is 1.22 bits per heavy atom.